The van der Waals surface area contributed by atoms with Gasteiger partial charge in [0.25, 0.3) is 0 Å². The number of hydrogen-bond acceptors (Lipinski definition) is 5. The minimum Gasteiger partial charge on any atom is -0.459 e. The number of aryl methyl sites for hydroxylation is 2. The normalized spacial score (nSPS) is 10.1. The smallest absolute Gasteiger partial charge is 0.311 e. The fourth-order valence-electron chi connectivity index (χ4n) is 1.25. The van der Waals surface area contributed by atoms with Gasteiger partial charge in [0.1, 0.15) is 11.5 Å². The zero-order valence-corrected chi connectivity index (χ0v) is 10.5. The van der Waals surface area contributed by atoms with Crippen molar-refractivity contribution >= 4 is 11.9 Å². The van der Waals surface area contributed by atoms with Gasteiger partial charge in [0, 0.05) is 12.8 Å². The molecule has 0 saturated carbocycles. The van der Waals surface area contributed by atoms with Crippen molar-refractivity contribution in [1.82, 2.24) is 0 Å². The Balaban J connectivity index is 3.01. The summed E-state index contributed by atoms with van der Waals surface area (Å²) in [5.41, 5.74) is 0. The Morgan fingerprint density at radius 1 is 0.941 bits per heavy atom. The quantitative estimate of drug-likeness (QED) is 0.756. The SMILES string of the molecule is CCC(=O)Oc1c(C)oc(C)c1OC(=O)CC. The number of hydrogen-bond donors (Lipinski definition) is 0. The van der Waals surface area contributed by atoms with Crippen LogP contribution >= 0.6 is 0 Å². The Labute approximate surface area is 99.7 Å². The summed E-state index contributed by atoms with van der Waals surface area (Å²) in [5, 5.41) is 0. The van der Waals surface area contributed by atoms with Crippen molar-refractivity contribution in [2.45, 2.75) is 40.5 Å². The second-order valence-electron chi connectivity index (χ2n) is 3.53. The lowest BCUT2D eigenvalue weighted by Crippen LogP contribution is -2.10. The molecule has 0 aromatic carbocycles. The second-order valence-corrected chi connectivity index (χ2v) is 3.53. The molecule has 0 radical (unpaired) electrons. The molecular formula is C12H16O5. The molecule has 5 heteroatoms. The average Bonchev–Trinajstić information content (AvgIpc) is 2.55. The minimum absolute atomic E-state index is 0.191. The van der Waals surface area contributed by atoms with Gasteiger partial charge < -0.3 is 13.9 Å². The van der Waals surface area contributed by atoms with Crippen molar-refractivity contribution in [3.63, 3.8) is 0 Å². The van der Waals surface area contributed by atoms with Crippen LogP contribution in [0.3, 0.4) is 0 Å². The van der Waals surface area contributed by atoms with Crippen LogP contribution in [0, 0.1) is 13.8 Å². The van der Waals surface area contributed by atoms with E-state index >= 15 is 0 Å². The predicted octanol–water partition coefficient (Wildman–Crippen LogP) is 2.53. The molecule has 5 nitrogen and oxygen atoms in total. The van der Waals surface area contributed by atoms with E-state index in [9.17, 15) is 9.59 Å². The molecule has 1 aromatic rings. The third-order valence-electron chi connectivity index (χ3n) is 2.16. The van der Waals surface area contributed by atoms with Crippen molar-refractivity contribution in [2.24, 2.45) is 0 Å². The van der Waals surface area contributed by atoms with Crippen LogP contribution in [0.1, 0.15) is 38.2 Å². The van der Waals surface area contributed by atoms with Crippen LogP contribution in [-0.4, -0.2) is 11.9 Å². The van der Waals surface area contributed by atoms with Crippen LogP contribution in [0.5, 0.6) is 11.5 Å². The van der Waals surface area contributed by atoms with E-state index in [0.717, 1.165) is 0 Å². The Morgan fingerprint density at radius 3 is 1.59 bits per heavy atom. The van der Waals surface area contributed by atoms with Crippen LogP contribution < -0.4 is 9.47 Å². The molecular weight excluding hydrogens is 224 g/mol. The van der Waals surface area contributed by atoms with Gasteiger partial charge in [-0.3, -0.25) is 9.59 Å². The highest BCUT2D eigenvalue weighted by atomic mass is 16.6. The molecule has 0 spiro atoms. The molecule has 94 valence electrons. The average molecular weight is 240 g/mol. The molecule has 0 fully saturated rings. The van der Waals surface area contributed by atoms with Crippen LogP contribution in [0.25, 0.3) is 0 Å². The topological polar surface area (TPSA) is 65.7 Å². The minimum atomic E-state index is -0.400. The van der Waals surface area contributed by atoms with E-state index in [1.807, 2.05) is 0 Å². The van der Waals surface area contributed by atoms with Crippen LogP contribution in [-0.2, 0) is 9.59 Å². The third-order valence-corrected chi connectivity index (χ3v) is 2.16. The van der Waals surface area contributed by atoms with Gasteiger partial charge in [0.2, 0.25) is 11.5 Å². The lowest BCUT2D eigenvalue weighted by Gasteiger charge is -2.05. The summed E-state index contributed by atoms with van der Waals surface area (Å²) in [6, 6.07) is 0. The van der Waals surface area contributed by atoms with Crippen molar-refractivity contribution in [1.29, 1.82) is 0 Å². The highest BCUT2D eigenvalue weighted by Crippen LogP contribution is 2.37. The molecule has 0 atom stereocenters. The fraction of sp³-hybridized carbons (Fsp3) is 0.500. The van der Waals surface area contributed by atoms with Gasteiger partial charge in [-0.25, -0.2) is 0 Å². The number of ether oxygens (including phenoxy) is 2. The van der Waals surface area contributed by atoms with Gasteiger partial charge in [-0.05, 0) is 13.8 Å². The van der Waals surface area contributed by atoms with Crippen molar-refractivity contribution in [3.05, 3.63) is 11.5 Å². The Bertz CT molecular complexity index is 392. The summed E-state index contributed by atoms with van der Waals surface area (Å²) in [6.45, 7) is 6.66. The third kappa shape index (κ3) is 3.09. The lowest BCUT2D eigenvalue weighted by molar-refractivity contribution is -0.136. The van der Waals surface area contributed by atoms with Gasteiger partial charge >= 0.3 is 11.9 Å². The van der Waals surface area contributed by atoms with Gasteiger partial charge in [-0.2, -0.15) is 0 Å². The van der Waals surface area contributed by atoms with E-state index < -0.39 is 11.9 Å². The molecule has 0 amide bonds. The first-order valence-corrected chi connectivity index (χ1v) is 5.50. The Hall–Kier alpha value is -1.78. The van der Waals surface area contributed by atoms with Crippen molar-refractivity contribution in [2.75, 3.05) is 0 Å². The Kier molecular flexibility index (Phi) is 4.31. The second kappa shape index (κ2) is 5.52. The summed E-state index contributed by atoms with van der Waals surface area (Å²) >= 11 is 0. The maximum absolute atomic E-state index is 11.2. The zero-order chi connectivity index (χ0) is 13.0. The molecule has 1 rings (SSSR count). The van der Waals surface area contributed by atoms with Crippen molar-refractivity contribution < 1.29 is 23.5 Å². The molecule has 0 bridgehead atoms. The monoisotopic (exact) mass is 240 g/mol. The van der Waals surface area contributed by atoms with Crippen LogP contribution in [0.15, 0.2) is 4.42 Å². The first-order valence-electron chi connectivity index (χ1n) is 5.50. The van der Waals surface area contributed by atoms with E-state index in [-0.39, 0.29) is 24.3 Å². The first kappa shape index (κ1) is 13.3. The van der Waals surface area contributed by atoms with Gasteiger partial charge in [0.15, 0.2) is 0 Å². The zero-order valence-electron chi connectivity index (χ0n) is 10.5. The van der Waals surface area contributed by atoms with Crippen LogP contribution in [0.4, 0.5) is 0 Å². The number of rotatable bonds is 4. The van der Waals surface area contributed by atoms with Gasteiger partial charge in [0.05, 0.1) is 0 Å². The summed E-state index contributed by atoms with van der Waals surface area (Å²) in [5.74, 6) is 0.420. The highest BCUT2D eigenvalue weighted by molar-refractivity contribution is 5.76. The van der Waals surface area contributed by atoms with E-state index in [1.165, 1.54) is 0 Å². The predicted molar refractivity (Wildman–Crippen MR) is 60.0 cm³/mol. The number of esters is 2. The number of furan rings is 1. The van der Waals surface area contributed by atoms with E-state index in [0.29, 0.717) is 11.5 Å². The standard InChI is InChI=1S/C12H16O5/c1-5-9(13)16-11-7(3)15-8(4)12(11)17-10(14)6-2/h5-6H2,1-4H3. The van der Waals surface area contributed by atoms with Gasteiger partial charge in [-0.15, -0.1) is 0 Å². The van der Waals surface area contributed by atoms with E-state index in [1.54, 1.807) is 27.7 Å². The maximum atomic E-state index is 11.2. The van der Waals surface area contributed by atoms with E-state index in [4.69, 9.17) is 13.9 Å². The molecule has 0 N–H and O–H groups in total. The van der Waals surface area contributed by atoms with Gasteiger partial charge in [-0.1, -0.05) is 13.8 Å². The lowest BCUT2D eigenvalue weighted by atomic mass is 10.3. The largest absolute Gasteiger partial charge is 0.459 e. The number of carbonyl (C=O) groups is 2. The molecule has 1 heterocycles. The molecule has 1 aromatic heterocycles. The fourth-order valence-corrected chi connectivity index (χ4v) is 1.25. The summed E-state index contributed by atoms with van der Waals surface area (Å²) < 4.78 is 15.4. The molecule has 17 heavy (non-hydrogen) atoms. The Morgan fingerprint density at radius 2 is 1.29 bits per heavy atom. The summed E-state index contributed by atoms with van der Waals surface area (Å²) in [6.07, 6.45) is 0.482. The van der Waals surface area contributed by atoms with Crippen molar-refractivity contribution in [3.8, 4) is 11.5 Å². The summed E-state index contributed by atoms with van der Waals surface area (Å²) in [7, 11) is 0. The van der Waals surface area contributed by atoms with Crippen LogP contribution in [0.2, 0.25) is 0 Å². The first-order chi connectivity index (χ1) is 7.99. The molecule has 0 aliphatic rings. The molecule has 0 aliphatic carbocycles. The molecule has 0 saturated heterocycles. The highest BCUT2D eigenvalue weighted by Gasteiger charge is 2.22. The summed E-state index contributed by atoms with van der Waals surface area (Å²) in [4.78, 5) is 22.5. The molecule has 0 unspecified atom stereocenters. The number of carbonyl (C=O) groups excluding carboxylic acids is 2. The molecule has 0 aliphatic heterocycles. The maximum Gasteiger partial charge on any atom is 0.311 e. The van der Waals surface area contributed by atoms with E-state index in [2.05, 4.69) is 0 Å².